The van der Waals surface area contributed by atoms with Crippen molar-refractivity contribution in [1.29, 1.82) is 0 Å². The smallest absolute Gasteiger partial charge is 0.340 e. The Labute approximate surface area is 141 Å². The summed E-state index contributed by atoms with van der Waals surface area (Å²) in [5, 5.41) is 21.2. The van der Waals surface area contributed by atoms with Crippen molar-refractivity contribution in [1.82, 2.24) is 0 Å². The molecule has 0 aliphatic heterocycles. The third-order valence-corrected chi connectivity index (χ3v) is 4.33. The van der Waals surface area contributed by atoms with Crippen LogP contribution >= 0.6 is 11.6 Å². The maximum atomic E-state index is 12.3. The van der Waals surface area contributed by atoms with Gasteiger partial charge in [0.1, 0.15) is 16.4 Å². The van der Waals surface area contributed by atoms with Crippen LogP contribution in [0.4, 0.5) is 5.69 Å². The van der Waals surface area contributed by atoms with Gasteiger partial charge in [0.2, 0.25) is 0 Å². The van der Waals surface area contributed by atoms with Crippen molar-refractivity contribution in [3.05, 3.63) is 78.6 Å². The molecule has 0 bridgehead atoms. The van der Waals surface area contributed by atoms with Crippen molar-refractivity contribution in [3.8, 4) is 5.75 Å². The van der Waals surface area contributed by atoms with Crippen molar-refractivity contribution in [2.45, 2.75) is 13.3 Å². The van der Waals surface area contributed by atoms with E-state index in [0.717, 1.165) is 0 Å². The maximum Gasteiger partial charge on any atom is 0.340 e. The van der Waals surface area contributed by atoms with Crippen LogP contribution in [0.5, 0.6) is 5.75 Å². The lowest BCUT2D eigenvalue weighted by atomic mass is 9.99. The van der Waals surface area contributed by atoms with Gasteiger partial charge in [-0.15, -0.1) is 0 Å². The zero-order chi connectivity index (χ0) is 17.4. The fraction of sp³-hybridized carbons (Fsp3) is 0.118. The van der Waals surface area contributed by atoms with Crippen LogP contribution < -0.4 is 5.63 Å². The highest BCUT2D eigenvalue weighted by atomic mass is 35.5. The van der Waals surface area contributed by atoms with Gasteiger partial charge in [0.25, 0.3) is 5.69 Å². The second kappa shape index (κ2) is 5.98. The Balaban J connectivity index is 2.15. The Bertz CT molecular complexity index is 1030. The average Bonchev–Trinajstić information content (AvgIpc) is 2.52. The number of aryl methyl sites for hydroxylation is 1. The van der Waals surface area contributed by atoms with Gasteiger partial charge in [0.05, 0.1) is 4.92 Å². The van der Waals surface area contributed by atoms with Gasteiger partial charge in [-0.3, -0.25) is 10.1 Å². The average molecular weight is 346 g/mol. The highest BCUT2D eigenvalue weighted by Crippen LogP contribution is 2.30. The van der Waals surface area contributed by atoms with Crippen molar-refractivity contribution in [3.63, 3.8) is 0 Å². The summed E-state index contributed by atoms with van der Waals surface area (Å²) in [4.78, 5) is 22.7. The number of nitrogens with zero attached hydrogens (tertiary/aromatic N) is 1. The molecule has 2 aromatic carbocycles. The Morgan fingerprint density at radius 1 is 1.29 bits per heavy atom. The highest BCUT2D eigenvalue weighted by Gasteiger charge is 2.18. The van der Waals surface area contributed by atoms with Crippen LogP contribution in [0.3, 0.4) is 0 Å². The monoisotopic (exact) mass is 345 g/mol. The van der Waals surface area contributed by atoms with Gasteiger partial charge in [-0.2, -0.15) is 0 Å². The predicted octanol–water partition coefficient (Wildman–Crippen LogP) is 3.96. The summed E-state index contributed by atoms with van der Waals surface area (Å²) in [7, 11) is 0. The number of nitro benzene ring substituents is 1. The molecule has 0 aliphatic rings. The number of phenolic OH excluding ortho intramolecular Hbond substituents is 1. The highest BCUT2D eigenvalue weighted by molar-refractivity contribution is 6.33. The summed E-state index contributed by atoms with van der Waals surface area (Å²) in [6, 6.07) is 8.99. The predicted molar refractivity (Wildman–Crippen MR) is 89.8 cm³/mol. The number of benzene rings is 2. The molecule has 0 fully saturated rings. The van der Waals surface area contributed by atoms with Gasteiger partial charge in [0, 0.05) is 29.5 Å². The number of rotatable bonds is 3. The molecule has 1 aromatic heterocycles. The first-order chi connectivity index (χ1) is 11.4. The van der Waals surface area contributed by atoms with E-state index in [4.69, 9.17) is 16.0 Å². The number of fused-ring (bicyclic) bond motifs is 1. The maximum absolute atomic E-state index is 12.3. The van der Waals surface area contributed by atoms with E-state index < -0.39 is 10.5 Å². The van der Waals surface area contributed by atoms with E-state index >= 15 is 0 Å². The first-order valence-electron chi connectivity index (χ1n) is 7.05. The van der Waals surface area contributed by atoms with E-state index in [2.05, 4.69) is 0 Å². The second-order valence-corrected chi connectivity index (χ2v) is 5.74. The molecule has 0 saturated heterocycles. The van der Waals surface area contributed by atoms with Gasteiger partial charge in [-0.05, 0) is 30.2 Å². The lowest BCUT2D eigenvalue weighted by Crippen LogP contribution is -2.11. The zero-order valence-corrected chi connectivity index (χ0v) is 13.3. The third-order valence-electron chi connectivity index (χ3n) is 3.89. The molecule has 0 unspecified atom stereocenters. The van der Waals surface area contributed by atoms with E-state index in [1.807, 2.05) is 0 Å². The van der Waals surface area contributed by atoms with Gasteiger partial charge < -0.3 is 9.52 Å². The standard InChI is InChI=1S/C17H12ClNO5/c1-9-12-6-5-11(20)8-15(12)24-17(21)13(9)7-10-3-2-4-14(16(10)18)19(22)23/h2-6,8,20H,7H2,1H3. The van der Waals surface area contributed by atoms with E-state index in [0.29, 0.717) is 22.1 Å². The van der Waals surface area contributed by atoms with E-state index in [1.54, 1.807) is 19.1 Å². The number of halogens is 1. The number of phenols is 1. The summed E-state index contributed by atoms with van der Waals surface area (Å²) >= 11 is 6.09. The minimum Gasteiger partial charge on any atom is -0.508 e. The van der Waals surface area contributed by atoms with Crippen LogP contribution in [-0.2, 0) is 6.42 Å². The molecule has 0 radical (unpaired) electrons. The molecule has 0 amide bonds. The van der Waals surface area contributed by atoms with E-state index in [-0.39, 0.29) is 28.5 Å². The molecule has 0 atom stereocenters. The lowest BCUT2D eigenvalue weighted by Gasteiger charge is -2.09. The zero-order valence-electron chi connectivity index (χ0n) is 12.6. The second-order valence-electron chi connectivity index (χ2n) is 5.36. The van der Waals surface area contributed by atoms with Gasteiger partial charge in [0.15, 0.2) is 0 Å². The SMILES string of the molecule is Cc1c(Cc2cccc([N+](=O)[O-])c2Cl)c(=O)oc2cc(O)ccc12. The summed E-state index contributed by atoms with van der Waals surface area (Å²) in [6.45, 7) is 1.76. The molecular formula is C17H12ClNO5. The van der Waals surface area contributed by atoms with Crippen molar-refractivity contribution in [2.75, 3.05) is 0 Å². The van der Waals surface area contributed by atoms with Crippen LogP contribution in [-0.4, -0.2) is 10.0 Å². The topological polar surface area (TPSA) is 93.6 Å². The minimum absolute atomic E-state index is 0.000436. The summed E-state index contributed by atoms with van der Waals surface area (Å²) in [6.07, 6.45) is 0.117. The fourth-order valence-electron chi connectivity index (χ4n) is 2.62. The van der Waals surface area contributed by atoms with Gasteiger partial charge in [-0.25, -0.2) is 4.79 Å². The number of nitro groups is 1. The Morgan fingerprint density at radius 2 is 2.04 bits per heavy atom. The fourth-order valence-corrected chi connectivity index (χ4v) is 2.88. The quantitative estimate of drug-likeness (QED) is 0.440. The molecule has 3 aromatic rings. The molecule has 0 saturated carbocycles. The molecule has 122 valence electrons. The van der Waals surface area contributed by atoms with Gasteiger partial charge >= 0.3 is 5.63 Å². The third kappa shape index (κ3) is 2.72. The van der Waals surface area contributed by atoms with Crippen LogP contribution in [0, 0.1) is 17.0 Å². The Hall–Kier alpha value is -2.86. The first kappa shape index (κ1) is 16.0. The van der Waals surface area contributed by atoms with Crippen LogP contribution in [0.25, 0.3) is 11.0 Å². The Kier molecular flexibility index (Phi) is 3.99. The summed E-state index contributed by atoms with van der Waals surface area (Å²) < 4.78 is 5.25. The molecule has 0 spiro atoms. The largest absolute Gasteiger partial charge is 0.508 e. The number of hydrogen-bond acceptors (Lipinski definition) is 5. The summed E-state index contributed by atoms with van der Waals surface area (Å²) in [5.41, 5.74) is 1.04. The van der Waals surface area contributed by atoms with Crippen molar-refractivity contribution < 1.29 is 14.4 Å². The molecule has 6 nitrogen and oxygen atoms in total. The number of aromatic hydroxyl groups is 1. The summed E-state index contributed by atoms with van der Waals surface area (Å²) in [5.74, 6) is -0.000436. The van der Waals surface area contributed by atoms with E-state index in [9.17, 15) is 20.0 Å². The molecule has 3 rings (SSSR count). The first-order valence-corrected chi connectivity index (χ1v) is 7.43. The van der Waals surface area contributed by atoms with Gasteiger partial charge in [-0.1, -0.05) is 23.7 Å². The molecular weight excluding hydrogens is 334 g/mol. The lowest BCUT2D eigenvalue weighted by molar-refractivity contribution is -0.384. The van der Waals surface area contributed by atoms with Crippen LogP contribution in [0.1, 0.15) is 16.7 Å². The molecule has 1 N–H and O–H groups in total. The van der Waals surface area contributed by atoms with Crippen LogP contribution in [0.2, 0.25) is 5.02 Å². The molecule has 1 heterocycles. The molecule has 24 heavy (non-hydrogen) atoms. The number of hydrogen-bond donors (Lipinski definition) is 1. The Morgan fingerprint density at radius 3 is 2.75 bits per heavy atom. The van der Waals surface area contributed by atoms with Crippen LogP contribution in [0.15, 0.2) is 45.6 Å². The minimum atomic E-state index is -0.565. The normalized spacial score (nSPS) is 10.9. The molecule has 7 heteroatoms. The molecule has 0 aliphatic carbocycles. The van der Waals surface area contributed by atoms with E-state index in [1.165, 1.54) is 24.3 Å². The van der Waals surface area contributed by atoms with Crippen molar-refractivity contribution in [2.24, 2.45) is 0 Å². The van der Waals surface area contributed by atoms with Crippen molar-refractivity contribution >= 4 is 28.3 Å².